The second-order valence-corrected chi connectivity index (χ2v) is 6.66. The number of rotatable bonds is 4. The van der Waals surface area contributed by atoms with E-state index in [9.17, 15) is 9.59 Å². The molecule has 0 N–H and O–H groups in total. The van der Waals surface area contributed by atoms with Crippen LogP contribution < -0.4 is 4.74 Å². The minimum atomic E-state index is -0.404. The molecule has 27 heavy (non-hydrogen) atoms. The highest BCUT2D eigenvalue weighted by molar-refractivity contribution is 8.18. The zero-order valence-electron chi connectivity index (χ0n) is 15.1. The molecule has 2 aromatic rings. The summed E-state index contributed by atoms with van der Waals surface area (Å²) in [4.78, 5) is 30.6. The Bertz CT molecular complexity index is 935. The number of methoxy groups -OCH3 is 2. The number of ether oxygens (including phenoxy) is 2. The highest BCUT2D eigenvalue weighted by atomic mass is 32.2. The Morgan fingerprint density at radius 1 is 1.11 bits per heavy atom. The first-order valence-corrected chi connectivity index (χ1v) is 8.93. The molecule has 0 saturated carbocycles. The molecule has 0 aliphatic carbocycles. The number of amides is 1. The lowest BCUT2D eigenvalue weighted by atomic mass is 10.2. The first-order chi connectivity index (χ1) is 13.0. The number of benzene rings is 2. The molecule has 0 atom stereocenters. The van der Waals surface area contributed by atoms with Crippen molar-refractivity contribution in [2.75, 3.05) is 21.3 Å². The topological polar surface area (TPSA) is 68.2 Å². The molecule has 2 aromatic carbocycles. The molecule has 1 saturated heterocycles. The number of amidine groups is 1. The van der Waals surface area contributed by atoms with E-state index in [4.69, 9.17) is 4.74 Å². The smallest absolute Gasteiger partial charge is 0.337 e. The summed E-state index contributed by atoms with van der Waals surface area (Å²) in [5.74, 6) is 0.166. The third-order valence-electron chi connectivity index (χ3n) is 3.94. The first kappa shape index (κ1) is 18.7. The minimum absolute atomic E-state index is 0.129. The predicted molar refractivity (Wildman–Crippen MR) is 106 cm³/mol. The van der Waals surface area contributed by atoms with Crippen LogP contribution in [-0.2, 0) is 9.53 Å². The Labute approximate surface area is 161 Å². The van der Waals surface area contributed by atoms with Gasteiger partial charge in [0, 0.05) is 12.6 Å². The standard InChI is InChI=1S/C20H18N2O4S/c1-22-18(23)17(12-14-6-4-5-7-16(14)25-2)27-20(22)21-15-10-8-13(9-11-15)19(24)26-3/h4-12H,1-3H3/b17-12-,21-20?. The quantitative estimate of drug-likeness (QED) is 0.596. The van der Waals surface area contributed by atoms with Gasteiger partial charge >= 0.3 is 5.97 Å². The lowest BCUT2D eigenvalue weighted by Gasteiger charge is -2.07. The summed E-state index contributed by atoms with van der Waals surface area (Å²) in [6.07, 6.45) is 1.80. The van der Waals surface area contributed by atoms with E-state index >= 15 is 0 Å². The Morgan fingerprint density at radius 3 is 2.48 bits per heavy atom. The summed E-state index contributed by atoms with van der Waals surface area (Å²) in [6, 6.07) is 14.2. The lowest BCUT2D eigenvalue weighted by molar-refractivity contribution is -0.121. The average molecular weight is 382 g/mol. The number of carbonyl (C=O) groups excluding carboxylic acids is 2. The molecule has 1 heterocycles. The minimum Gasteiger partial charge on any atom is -0.496 e. The zero-order chi connectivity index (χ0) is 19.4. The van der Waals surface area contributed by atoms with E-state index in [0.29, 0.717) is 27.1 Å². The van der Waals surface area contributed by atoms with Gasteiger partial charge in [0.2, 0.25) is 0 Å². The average Bonchev–Trinajstić information content (AvgIpc) is 2.96. The largest absolute Gasteiger partial charge is 0.496 e. The second kappa shape index (κ2) is 8.09. The molecule has 0 spiro atoms. The van der Waals surface area contributed by atoms with Gasteiger partial charge in [-0.2, -0.15) is 0 Å². The van der Waals surface area contributed by atoms with Gasteiger partial charge in [0.1, 0.15) is 5.75 Å². The number of hydrogen-bond donors (Lipinski definition) is 0. The normalized spacial score (nSPS) is 16.9. The fourth-order valence-electron chi connectivity index (χ4n) is 2.48. The molecule has 0 radical (unpaired) electrons. The van der Waals surface area contributed by atoms with Crippen LogP contribution in [0.15, 0.2) is 58.4 Å². The Kier molecular flexibility index (Phi) is 5.61. The van der Waals surface area contributed by atoms with Crippen LogP contribution in [0.3, 0.4) is 0 Å². The van der Waals surface area contributed by atoms with Gasteiger partial charge in [-0.25, -0.2) is 9.79 Å². The van der Waals surface area contributed by atoms with Crippen molar-refractivity contribution in [3.63, 3.8) is 0 Å². The maximum atomic E-state index is 12.5. The molecule has 1 fully saturated rings. The van der Waals surface area contributed by atoms with Crippen molar-refractivity contribution in [2.45, 2.75) is 0 Å². The summed E-state index contributed by atoms with van der Waals surface area (Å²) in [7, 11) is 4.61. The van der Waals surface area contributed by atoms with Gasteiger partial charge in [-0.15, -0.1) is 0 Å². The molecule has 1 amide bonds. The number of carbonyl (C=O) groups is 2. The summed E-state index contributed by atoms with van der Waals surface area (Å²) in [6.45, 7) is 0. The van der Waals surface area contributed by atoms with Crippen LogP contribution in [0.5, 0.6) is 5.75 Å². The van der Waals surface area contributed by atoms with E-state index in [1.807, 2.05) is 24.3 Å². The number of hydrogen-bond acceptors (Lipinski definition) is 6. The highest BCUT2D eigenvalue weighted by Crippen LogP contribution is 2.34. The number of likely N-dealkylation sites (N-methyl/N-ethyl adjacent to an activating group) is 1. The number of esters is 1. The molecular weight excluding hydrogens is 364 g/mol. The van der Waals surface area contributed by atoms with E-state index in [2.05, 4.69) is 9.73 Å². The van der Waals surface area contributed by atoms with Crippen LogP contribution in [0.4, 0.5) is 5.69 Å². The van der Waals surface area contributed by atoms with Crippen LogP contribution in [-0.4, -0.2) is 43.2 Å². The molecule has 0 unspecified atom stereocenters. The van der Waals surface area contributed by atoms with Gasteiger partial charge in [-0.3, -0.25) is 9.69 Å². The maximum absolute atomic E-state index is 12.5. The monoisotopic (exact) mass is 382 g/mol. The van der Waals surface area contributed by atoms with Crippen LogP contribution in [0, 0.1) is 0 Å². The SMILES string of the molecule is COC(=O)c1ccc(N=C2S/C(=C\c3ccccc3OC)C(=O)N2C)cc1. The van der Waals surface area contributed by atoms with Crippen molar-refractivity contribution in [3.05, 3.63) is 64.6 Å². The fraction of sp³-hybridized carbons (Fsp3) is 0.150. The van der Waals surface area contributed by atoms with E-state index in [1.54, 1.807) is 44.5 Å². The number of thioether (sulfide) groups is 1. The Hall–Kier alpha value is -3.06. The van der Waals surface area contributed by atoms with E-state index < -0.39 is 5.97 Å². The molecular formula is C20H18N2O4S. The van der Waals surface area contributed by atoms with Crippen LogP contribution in [0.1, 0.15) is 15.9 Å². The number of para-hydroxylation sites is 1. The lowest BCUT2D eigenvalue weighted by Crippen LogP contribution is -2.23. The fourth-order valence-corrected chi connectivity index (χ4v) is 3.46. The Morgan fingerprint density at radius 2 is 1.81 bits per heavy atom. The van der Waals surface area contributed by atoms with Crippen molar-refractivity contribution in [1.29, 1.82) is 0 Å². The van der Waals surface area contributed by atoms with Gasteiger partial charge in [-0.1, -0.05) is 18.2 Å². The third kappa shape index (κ3) is 4.03. The maximum Gasteiger partial charge on any atom is 0.337 e. The van der Waals surface area contributed by atoms with Gasteiger partial charge in [0.15, 0.2) is 5.17 Å². The summed E-state index contributed by atoms with van der Waals surface area (Å²) in [5.41, 5.74) is 1.91. The van der Waals surface area contributed by atoms with Crippen molar-refractivity contribution in [3.8, 4) is 5.75 Å². The highest BCUT2D eigenvalue weighted by Gasteiger charge is 2.30. The first-order valence-electron chi connectivity index (χ1n) is 8.11. The molecule has 138 valence electrons. The van der Waals surface area contributed by atoms with Crippen LogP contribution in [0.25, 0.3) is 6.08 Å². The van der Waals surface area contributed by atoms with Crippen LogP contribution >= 0.6 is 11.8 Å². The summed E-state index contributed by atoms with van der Waals surface area (Å²) < 4.78 is 10.0. The van der Waals surface area contributed by atoms with Crippen molar-refractivity contribution >= 4 is 40.6 Å². The number of aliphatic imine (C=N–C) groups is 1. The Balaban J connectivity index is 1.86. The summed E-state index contributed by atoms with van der Waals surface area (Å²) >= 11 is 1.29. The number of nitrogens with zero attached hydrogens (tertiary/aromatic N) is 2. The van der Waals surface area contributed by atoms with Crippen molar-refractivity contribution in [2.24, 2.45) is 4.99 Å². The molecule has 3 rings (SSSR count). The molecule has 0 bridgehead atoms. The van der Waals surface area contributed by atoms with E-state index in [1.165, 1.54) is 23.8 Å². The van der Waals surface area contributed by atoms with E-state index in [-0.39, 0.29) is 5.91 Å². The van der Waals surface area contributed by atoms with Crippen molar-refractivity contribution in [1.82, 2.24) is 4.90 Å². The third-order valence-corrected chi connectivity index (χ3v) is 5.00. The van der Waals surface area contributed by atoms with Gasteiger partial charge < -0.3 is 9.47 Å². The van der Waals surface area contributed by atoms with Gasteiger partial charge in [0.25, 0.3) is 5.91 Å². The van der Waals surface area contributed by atoms with Gasteiger partial charge in [-0.05, 0) is 48.2 Å². The summed E-state index contributed by atoms with van der Waals surface area (Å²) in [5, 5.41) is 0.562. The molecule has 7 heteroatoms. The van der Waals surface area contributed by atoms with Crippen molar-refractivity contribution < 1.29 is 19.1 Å². The molecule has 6 nitrogen and oxygen atoms in total. The second-order valence-electron chi connectivity index (χ2n) is 5.65. The van der Waals surface area contributed by atoms with E-state index in [0.717, 1.165) is 5.56 Å². The molecule has 1 aliphatic rings. The predicted octanol–water partition coefficient (Wildman–Crippen LogP) is 3.72. The zero-order valence-corrected chi connectivity index (χ0v) is 15.9. The van der Waals surface area contributed by atoms with Gasteiger partial charge in [0.05, 0.1) is 30.4 Å². The van der Waals surface area contributed by atoms with Crippen LogP contribution in [0.2, 0.25) is 0 Å². The molecule has 1 aliphatic heterocycles. The molecule has 0 aromatic heterocycles.